The van der Waals surface area contributed by atoms with E-state index < -0.39 is 0 Å². The Kier molecular flexibility index (Phi) is 9.63. The Balaban J connectivity index is 0. The van der Waals surface area contributed by atoms with E-state index in [-0.39, 0.29) is 35.0 Å². The van der Waals surface area contributed by atoms with Crippen LogP contribution in [0.1, 0.15) is 0 Å². The summed E-state index contributed by atoms with van der Waals surface area (Å²) >= 11 is 0. The molecule has 0 saturated carbocycles. The number of hydrogen-bond donors (Lipinski definition) is 0. The predicted octanol–water partition coefficient (Wildman–Crippen LogP) is 1.10. The quantitative estimate of drug-likeness (QED) is 0.472. The molecule has 0 N–H and O–H groups in total. The van der Waals surface area contributed by atoms with E-state index in [4.69, 9.17) is 0 Å². The van der Waals surface area contributed by atoms with Gasteiger partial charge in [-0.3, -0.25) is 0 Å². The van der Waals surface area contributed by atoms with Crippen LogP contribution < -0.4 is 0 Å². The summed E-state index contributed by atoms with van der Waals surface area (Å²) in [5.41, 5.74) is 0. The molecule has 0 unspecified atom stereocenters. The first-order valence-corrected chi connectivity index (χ1v) is 5.20. The minimum Gasteiger partial charge on any atom is -0.0724 e. The molecule has 2 heteroatoms. The van der Waals surface area contributed by atoms with Crippen molar-refractivity contribution in [3.8, 4) is 0 Å². The summed E-state index contributed by atoms with van der Waals surface area (Å²) in [5, 5.41) is 0. The van der Waals surface area contributed by atoms with Gasteiger partial charge >= 0.3 is 0 Å². The summed E-state index contributed by atoms with van der Waals surface area (Å²) in [6.07, 6.45) is 0. The Hall–Kier alpha value is 1.10. The second-order valence-electron chi connectivity index (χ2n) is 1.73. The molecule has 0 fully saturated rings. The molecule has 0 aliphatic rings. The van der Waals surface area contributed by atoms with Crippen LogP contribution in [0, 0.1) is 0 Å². The van der Waals surface area contributed by atoms with Gasteiger partial charge in [0.15, 0.2) is 0 Å². The monoisotopic (exact) mass is 164 g/mol. The largest absolute Gasteiger partial charge is 0.0724 e. The van der Waals surface area contributed by atoms with Crippen LogP contribution in [0.4, 0.5) is 0 Å². The molecule has 0 heterocycles. The van der Waals surface area contributed by atoms with Gasteiger partial charge in [-0.05, 0) is 0 Å². The maximum Gasteiger partial charge on any atom is 0.0274 e. The van der Waals surface area contributed by atoms with Gasteiger partial charge in [0.2, 0.25) is 0 Å². The topological polar surface area (TPSA) is 0 Å². The summed E-state index contributed by atoms with van der Waals surface area (Å²) in [6.45, 7) is 6.92. The minimum atomic E-state index is -0.139. The van der Waals surface area contributed by atoms with Crippen molar-refractivity contribution < 1.29 is 26.2 Å². The van der Waals surface area contributed by atoms with Gasteiger partial charge in [-0.25, -0.2) is 0 Å². The van der Waals surface area contributed by atoms with E-state index in [1.165, 1.54) is 0 Å². The van der Waals surface area contributed by atoms with E-state index in [0.717, 1.165) is 0 Å². The smallest absolute Gasteiger partial charge is 0.0274 e. The van der Waals surface area contributed by atoms with Crippen molar-refractivity contribution in [3.05, 3.63) is 0 Å². The zero-order valence-electron chi connectivity index (χ0n) is 4.08. The molecule has 0 aromatic carbocycles. The van der Waals surface area contributed by atoms with Gasteiger partial charge in [0.1, 0.15) is 0 Å². The third kappa shape index (κ3) is 40.5. The Labute approximate surface area is 54.7 Å². The van der Waals surface area contributed by atoms with E-state index in [0.29, 0.717) is 0 Å². The van der Waals surface area contributed by atoms with Gasteiger partial charge in [0.25, 0.3) is 0 Å². The molecule has 30 valence electrons. The van der Waals surface area contributed by atoms with Crippen molar-refractivity contribution in [2.75, 3.05) is 0 Å². The van der Waals surface area contributed by atoms with Gasteiger partial charge in [-0.2, -0.15) is 0 Å². The fourth-order valence-electron chi connectivity index (χ4n) is 0. The molecule has 0 amide bonds. The third-order valence-electron chi connectivity index (χ3n) is 0. The van der Waals surface area contributed by atoms with Gasteiger partial charge in [0.05, 0.1) is 0 Å². The Morgan fingerprint density at radius 3 is 1.00 bits per heavy atom. The van der Waals surface area contributed by atoms with Crippen LogP contribution in [0.2, 0.25) is 19.6 Å². The van der Waals surface area contributed by atoms with Crippen molar-refractivity contribution in [2.24, 2.45) is 0 Å². The summed E-state index contributed by atoms with van der Waals surface area (Å²) in [5.74, 6) is 0. The first-order chi connectivity index (χ1) is 1.73. The summed E-state index contributed by atoms with van der Waals surface area (Å²) in [6, 6.07) is 0. The van der Waals surface area contributed by atoms with E-state index >= 15 is 0 Å². The van der Waals surface area contributed by atoms with E-state index in [1.807, 2.05) is 0 Å². The zero-order valence-corrected chi connectivity index (χ0v) is 7.69. The Morgan fingerprint density at radius 1 is 1.00 bits per heavy atom. The maximum atomic E-state index is 2.31. The van der Waals surface area contributed by atoms with Crippen LogP contribution in [0.25, 0.3) is 0 Å². The number of rotatable bonds is 0. The standard InChI is InChI=1S/C3H10Si.Zr/c1-4(2)3;/h4H,1-3H3;. The fourth-order valence-corrected chi connectivity index (χ4v) is 0. The van der Waals surface area contributed by atoms with Crippen molar-refractivity contribution in [2.45, 2.75) is 19.6 Å². The molecule has 5 heavy (non-hydrogen) atoms. The van der Waals surface area contributed by atoms with E-state index in [9.17, 15) is 0 Å². The molecule has 0 saturated heterocycles. The molecule has 0 rings (SSSR count). The van der Waals surface area contributed by atoms with Crippen LogP contribution in [0.5, 0.6) is 0 Å². The second-order valence-corrected chi connectivity index (χ2v) is 5.20. The normalized spacial score (nSPS) is 7.20. The molecule has 0 spiro atoms. The Bertz CT molecular complexity index is 11.6. The number of hydrogen-bond acceptors (Lipinski definition) is 0. The average Bonchev–Trinajstić information content (AvgIpc) is 0.811. The summed E-state index contributed by atoms with van der Waals surface area (Å²) in [7, 11) is -0.139. The van der Waals surface area contributed by atoms with Crippen LogP contribution in [0.15, 0.2) is 0 Å². The van der Waals surface area contributed by atoms with Gasteiger partial charge < -0.3 is 0 Å². The molecule has 0 aromatic rings. The summed E-state index contributed by atoms with van der Waals surface area (Å²) in [4.78, 5) is 0. The van der Waals surface area contributed by atoms with Crippen LogP contribution >= 0.6 is 0 Å². The van der Waals surface area contributed by atoms with Crippen LogP contribution in [-0.2, 0) is 26.2 Å². The maximum absolute atomic E-state index is 2.31. The Morgan fingerprint density at radius 2 is 1.00 bits per heavy atom. The molecule has 0 aliphatic heterocycles. The molecule has 0 atom stereocenters. The van der Waals surface area contributed by atoms with Crippen LogP contribution in [-0.4, -0.2) is 8.80 Å². The second kappa shape index (κ2) is 5.10. The van der Waals surface area contributed by atoms with Crippen molar-refractivity contribution in [1.82, 2.24) is 0 Å². The average molecular weight is 165 g/mol. The molecular formula is C3H10SiZr. The van der Waals surface area contributed by atoms with E-state index in [1.54, 1.807) is 0 Å². The zero-order chi connectivity index (χ0) is 3.58. The SMILES string of the molecule is C[SiH](C)C.[Zr]. The third-order valence-corrected chi connectivity index (χ3v) is 0. The molecule has 0 radical (unpaired) electrons. The van der Waals surface area contributed by atoms with Gasteiger partial charge in [-0.1, -0.05) is 19.6 Å². The molecule has 0 aliphatic carbocycles. The molecule has 0 nitrogen and oxygen atoms in total. The van der Waals surface area contributed by atoms with Gasteiger partial charge in [-0.15, -0.1) is 0 Å². The molecule has 0 bridgehead atoms. The molecular weight excluding hydrogens is 155 g/mol. The predicted molar refractivity (Wildman–Crippen MR) is 24.7 cm³/mol. The van der Waals surface area contributed by atoms with Crippen LogP contribution in [0.3, 0.4) is 0 Å². The van der Waals surface area contributed by atoms with Gasteiger partial charge in [0, 0.05) is 35.0 Å². The van der Waals surface area contributed by atoms with E-state index in [2.05, 4.69) is 19.6 Å². The minimum absolute atomic E-state index is 0. The van der Waals surface area contributed by atoms with Crippen molar-refractivity contribution >= 4 is 8.80 Å². The first kappa shape index (κ1) is 9.44. The fraction of sp³-hybridized carbons (Fsp3) is 1.00. The molecule has 0 aromatic heterocycles. The first-order valence-electron chi connectivity index (χ1n) is 1.73. The van der Waals surface area contributed by atoms with Crippen molar-refractivity contribution in [3.63, 3.8) is 0 Å². The summed E-state index contributed by atoms with van der Waals surface area (Å²) < 4.78 is 0. The van der Waals surface area contributed by atoms with Crippen molar-refractivity contribution in [1.29, 1.82) is 0 Å².